The van der Waals surface area contributed by atoms with E-state index in [9.17, 15) is 18.0 Å². The lowest BCUT2D eigenvalue weighted by molar-refractivity contribution is -0.183. The Morgan fingerprint density at radius 3 is 2.47 bits per heavy atom. The van der Waals surface area contributed by atoms with Gasteiger partial charge < -0.3 is 4.90 Å². The summed E-state index contributed by atoms with van der Waals surface area (Å²) in [6, 6.07) is 14.6. The van der Waals surface area contributed by atoms with Crippen LogP contribution in [0.25, 0.3) is 0 Å². The minimum Gasteiger partial charge on any atom is -0.328 e. The fourth-order valence-corrected chi connectivity index (χ4v) is 5.10. The first-order valence-corrected chi connectivity index (χ1v) is 11.3. The Hall–Kier alpha value is -2.90. The molecule has 0 radical (unpaired) electrons. The summed E-state index contributed by atoms with van der Waals surface area (Å²) in [5.41, 5.74) is 0.764. The summed E-state index contributed by atoms with van der Waals surface area (Å²) < 4.78 is 43.1. The molecule has 3 aromatic rings. The summed E-state index contributed by atoms with van der Waals surface area (Å²) >= 11 is 12.0. The average Bonchev–Trinajstić information content (AvgIpc) is 3.37. The number of fused-ring (bicyclic) bond motifs is 1. The van der Waals surface area contributed by atoms with Crippen LogP contribution in [0.4, 0.5) is 13.2 Å². The number of aliphatic imine (C=N–C) groups is 1. The van der Waals surface area contributed by atoms with E-state index in [1.807, 2.05) is 12.1 Å². The Kier molecular flexibility index (Phi) is 5.65. The van der Waals surface area contributed by atoms with Crippen molar-refractivity contribution in [2.24, 2.45) is 4.99 Å². The van der Waals surface area contributed by atoms with Gasteiger partial charge in [0.2, 0.25) is 0 Å². The van der Waals surface area contributed by atoms with Crippen molar-refractivity contribution in [1.82, 2.24) is 9.88 Å². The molecule has 174 valence electrons. The highest BCUT2D eigenvalue weighted by molar-refractivity contribution is 6.34. The molecule has 2 aliphatic heterocycles. The Morgan fingerprint density at radius 2 is 1.79 bits per heavy atom. The SMILES string of the molecule is O=C1c2ccc(C3=NCC(c4cc(Cl)cc(Cl)c4)(C(F)(F)F)C3)cc2CN1Cc1ccccn1. The predicted octanol–water partition coefficient (Wildman–Crippen LogP) is 6.24. The van der Waals surface area contributed by atoms with E-state index in [2.05, 4.69) is 9.98 Å². The van der Waals surface area contributed by atoms with E-state index < -0.39 is 18.1 Å². The summed E-state index contributed by atoms with van der Waals surface area (Å²) in [5, 5.41) is 0.284. The Morgan fingerprint density at radius 1 is 1.03 bits per heavy atom. The van der Waals surface area contributed by atoms with Crippen molar-refractivity contribution in [3.05, 3.63) is 98.8 Å². The zero-order valence-corrected chi connectivity index (χ0v) is 19.3. The number of nitrogens with zero attached hydrogens (tertiary/aromatic N) is 3. The number of hydrogen-bond acceptors (Lipinski definition) is 3. The fraction of sp³-hybridized carbons (Fsp3) is 0.240. The molecule has 34 heavy (non-hydrogen) atoms. The molecule has 0 bridgehead atoms. The molecule has 0 fully saturated rings. The molecule has 9 heteroatoms. The number of halogens is 5. The van der Waals surface area contributed by atoms with Crippen molar-refractivity contribution < 1.29 is 18.0 Å². The summed E-state index contributed by atoms with van der Waals surface area (Å²) in [6.45, 7) is 0.266. The molecule has 1 unspecified atom stereocenters. The second kappa shape index (κ2) is 8.40. The van der Waals surface area contributed by atoms with E-state index in [0.29, 0.717) is 29.9 Å². The third-order valence-electron chi connectivity index (χ3n) is 6.36. The van der Waals surface area contributed by atoms with Gasteiger partial charge in [0.25, 0.3) is 5.91 Å². The summed E-state index contributed by atoms with van der Waals surface area (Å²) in [4.78, 5) is 23.0. The molecular weight excluding hydrogens is 486 g/mol. The number of hydrogen-bond donors (Lipinski definition) is 0. The first kappa shape index (κ1) is 22.9. The molecule has 2 aliphatic rings. The van der Waals surface area contributed by atoms with Crippen LogP contribution in [0.1, 0.15) is 39.2 Å². The molecule has 0 N–H and O–H groups in total. The van der Waals surface area contributed by atoms with Gasteiger partial charge in [-0.1, -0.05) is 35.3 Å². The number of alkyl halides is 3. The van der Waals surface area contributed by atoms with Crippen LogP contribution in [-0.2, 0) is 18.5 Å². The zero-order valence-electron chi connectivity index (χ0n) is 17.7. The monoisotopic (exact) mass is 503 g/mol. The highest BCUT2D eigenvalue weighted by Crippen LogP contribution is 2.49. The van der Waals surface area contributed by atoms with Crippen molar-refractivity contribution in [3.8, 4) is 0 Å². The summed E-state index contributed by atoms with van der Waals surface area (Å²) in [7, 11) is 0. The van der Waals surface area contributed by atoms with Gasteiger partial charge in [-0.15, -0.1) is 0 Å². The van der Waals surface area contributed by atoms with Crippen LogP contribution in [0.2, 0.25) is 10.0 Å². The molecule has 4 nitrogen and oxygen atoms in total. The molecule has 0 spiro atoms. The third-order valence-corrected chi connectivity index (χ3v) is 6.80. The molecule has 1 aromatic heterocycles. The molecule has 0 saturated heterocycles. The quantitative estimate of drug-likeness (QED) is 0.423. The van der Waals surface area contributed by atoms with Crippen molar-refractivity contribution in [2.75, 3.05) is 6.54 Å². The number of pyridine rings is 1. The van der Waals surface area contributed by atoms with E-state index in [1.54, 1.807) is 35.4 Å². The Bertz CT molecular complexity index is 1290. The number of carbonyl (C=O) groups excluding carboxylic acids is 1. The summed E-state index contributed by atoms with van der Waals surface area (Å²) in [6.07, 6.45) is -3.23. The molecule has 0 saturated carbocycles. The van der Waals surface area contributed by atoms with Crippen LogP contribution < -0.4 is 0 Å². The number of rotatable bonds is 4. The maximum atomic E-state index is 14.4. The van der Waals surface area contributed by atoms with Crippen LogP contribution in [0.5, 0.6) is 0 Å². The number of amides is 1. The zero-order chi connectivity index (χ0) is 24.1. The second-order valence-corrected chi connectivity index (χ2v) is 9.40. The minimum absolute atomic E-state index is 0.00544. The highest BCUT2D eigenvalue weighted by atomic mass is 35.5. The van der Waals surface area contributed by atoms with Gasteiger partial charge in [0, 0.05) is 40.5 Å². The van der Waals surface area contributed by atoms with Crippen molar-refractivity contribution in [2.45, 2.75) is 31.1 Å². The van der Waals surface area contributed by atoms with Gasteiger partial charge in [0.1, 0.15) is 5.41 Å². The maximum absolute atomic E-state index is 14.4. The first-order valence-electron chi connectivity index (χ1n) is 10.6. The standard InChI is InChI=1S/C25H18Cl2F3N3O/c26-18-8-17(9-19(27)10-18)24(25(28,29)30)11-22(32-14-24)15-4-5-21-16(7-15)12-33(23(21)34)13-20-3-1-2-6-31-20/h1-10H,11-14H2. The van der Waals surface area contributed by atoms with Gasteiger partial charge in [-0.05, 0) is 59.2 Å². The van der Waals surface area contributed by atoms with E-state index >= 15 is 0 Å². The number of carbonyl (C=O) groups is 1. The molecule has 3 heterocycles. The van der Waals surface area contributed by atoms with E-state index in [-0.39, 0.29) is 27.9 Å². The summed E-state index contributed by atoms with van der Waals surface area (Å²) in [5.74, 6) is -0.126. The lowest BCUT2D eigenvalue weighted by Crippen LogP contribution is -2.43. The molecule has 5 rings (SSSR count). The lowest BCUT2D eigenvalue weighted by Gasteiger charge is -2.31. The molecular formula is C25H18Cl2F3N3O. The molecule has 0 aliphatic carbocycles. The largest absolute Gasteiger partial charge is 0.400 e. The fourth-order valence-electron chi connectivity index (χ4n) is 4.57. The van der Waals surface area contributed by atoms with Gasteiger partial charge in [0.15, 0.2) is 0 Å². The minimum atomic E-state index is -4.56. The van der Waals surface area contributed by atoms with Crippen molar-refractivity contribution in [1.29, 1.82) is 0 Å². The van der Waals surface area contributed by atoms with E-state index in [1.165, 1.54) is 18.2 Å². The third kappa shape index (κ3) is 3.97. The normalized spacial score (nSPS) is 20.0. The van der Waals surface area contributed by atoms with Crippen molar-refractivity contribution in [3.63, 3.8) is 0 Å². The number of aromatic nitrogens is 1. The van der Waals surface area contributed by atoms with Gasteiger partial charge >= 0.3 is 6.18 Å². The molecule has 2 aromatic carbocycles. The Labute approximate surface area is 204 Å². The average molecular weight is 504 g/mol. The topological polar surface area (TPSA) is 45.6 Å². The first-order chi connectivity index (χ1) is 16.2. The second-order valence-electron chi connectivity index (χ2n) is 8.53. The number of benzene rings is 2. The van der Waals surface area contributed by atoms with Gasteiger partial charge in [-0.2, -0.15) is 13.2 Å². The van der Waals surface area contributed by atoms with Gasteiger partial charge in [0.05, 0.1) is 18.8 Å². The van der Waals surface area contributed by atoms with E-state index in [4.69, 9.17) is 23.2 Å². The smallest absolute Gasteiger partial charge is 0.328 e. The van der Waals surface area contributed by atoms with E-state index in [0.717, 1.165) is 11.3 Å². The lowest BCUT2D eigenvalue weighted by atomic mass is 9.76. The van der Waals surface area contributed by atoms with Crippen LogP contribution in [0.15, 0.2) is 65.8 Å². The highest BCUT2D eigenvalue weighted by Gasteiger charge is 2.58. The van der Waals surface area contributed by atoms with Gasteiger partial charge in [-0.3, -0.25) is 14.8 Å². The predicted molar refractivity (Wildman–Crippen MR) is 124 cm³/mol. The molecule has 1 amide bonds. The van der Waals surface area contributed by atoms with Crippen LogP contribution in [-0.4, -0.2) is 34.2 Å². The molecule has 1 atom stereocenters. The van der Waals surface area contributed by atoms with Crippen LogP contribution in [0, 0.1) is 0 Å². The van der Waals surface area contributed by atoms with Crippen molar-refractivity contribution >= 4 is 34.8 Å². The van der Waals surface area contributed by atoms with Crippen LogP contribution in [0.3, 0.4) is 0 Å². The van der Waals surface area contributed by atoms with Crippen LogP contribution >= 0.6 is 23.2 Å². The van der Waals surface area contributed by atoms with Gasteiger partial charge in [-0.25, -0.2) is 0 Å². The Balaban J connectivity index is 1.42. The maximum Gasteiger partial charge on any atom is 0.400 e.